The highest BCUT2D eigenvalue weighted by atomic mass is 35.5. The van der Waals surface area contributed by atoms with E-state index < -0.39 is 29.8 Å². The molecule has 2 aromatic carbocycles. The van der Waals surface area contributed by atoms with Gasteiger partial charge in [0.15, 0.2) is 0 Å². The maximum absolute atomic E-state index is 13.9. The topological polar surface area (TPSA) is 126 Å². The van der Waals surface area contributed by atoms with Crippen LogP contribution in [0, 0.1) is 36.4 Å². The van der Waals surface area contributed by atoms with E-state index in [1.54, 1.807) is 38.1 Å². The Hall–Kier alpha value is -2.60. The second kappa shape index (κ2) is 10.8. The van der Waals surface area contributed by atoms with E-state index in [2.05, 4.69) is 17.4 Å². The van der Waals surface area contributed by atoms with E-state index in [0.29, 0.717) is 21.0 Å². The van der Waals surface area contributed by atoms with Gasteiger partial charge in [0, 0.05) is 15.8 Å². The van der Waals surface area contributed by atoms with Crippen LogP contribution in [-0.4, -0.2) is 18.0 Å². The van der Waals surface area contributed by atoms with Gasteiger partial charge in [-0.15, -0.1) is 12.6 Å². The summed E-state index contributed by atoms with van der Waals surface area (Å²) < 4.78 is 18.3. The number of ether oxygens (including phenoxy) is 1. The van der Waals surface area contributed by atoms with Gasteiger partial charge in [-0.2, -0.15) is 5.26 Å². The maximum atomic E-state index is 13.9. The van der Waals surface area contributed by atoms with E-state index in [1.165, 1.54) is 6.07 Å². The molecule has 6 nitrogen and oxygen atoms in total. The Morgan fingerprint density at radius 2 is 1.97 bits per heavy atom. The van der Waals surface area contributed by atoms with Crippen LogP contribution in [0.5, 0.6) is 0 Å². The van der Waals surface area contributed by atoms with Crippen molar-refractivity contribution in [2.24, 2.45) is 11.5 Å². The van der Waals surface area contributed by atoms with Gasteiger partial charge < -0.3 is 16.2 Å². The van der Waals surface area contributed by atoms with Crippen LogP contribution in [0.2, 0.25) is 5.02 Å². The second-order valence-corrected chi connectivity index (χ2v) is 7.19. The van der Waals surface area contributed by atoms with Crippen LogP contribution in [0.15, 0.2) is 35.2 Å². The number of nitriles is 1. The molecule has 0 bridgehead atoms. The van der Waals surface area contributed by atoms with Gasteiger partial charge in [0.05, 0.1) is 11.6 Å². The fraction of sp³-hybridized carbons (Fsp3) is 0.250. The second-order valence-electron chi connectivity index (χ2n) is 6.28. The van der Waals surface area contributed by atoms with E-state index in [9.17, 15) is 9.18 Å². The van der Waals surface area contributed by atoms with E-state index in [0.717, 1.165) is 11.1 Å². The molecule has 0 saturated carbocycles. The number of carbonyl (C=O) groups is 1. The van der Waals surface area contributed by atoms with Crippen LogP contribution in [0.4, 0.5) is 9.18 Å². The fourth-order valence-corrected chi connectivity index (χ4v) is 2.91. The average molecular weight is 437 g/mol. The molecule has 2 unspecified atom stereocenters. The van der Waals surface area contributed by atoms with E-state index in [4.69, 9.17) is 33.7 Å². The molecule has 0 radical (unpaired) electrons. The van der Waals surface area contributed by atoms with Gasteiger partial charge in [0.25, 0.3) is 0 Å². The van der Waals surface area contributed by atoms with Gasteiger partial charge >= 0.3 is 6.09 Å². The average Bonchev–Trinajstić information content (AvgIpc) is 2.66. The van der Waals surface area contributed by atoms with Crippen LogP contribution >= 0.6 is 24.2 Å². The number of hydrogen-bond acceptors (Lipinski definition) is 6. The highest BCUT2D eigenvalue weighted by Crippen LogP contribution is 2.27. The van der Waals surface area contributed by atoms with Crippen molar-refractivity contribution in [2.45, 2.75) is 37.6 Å². The first-order valence-electron chi connectivity index (χ1n) is 8.45. The van der Waals surface area contributed by atoms with E-state index >= 15 is 0 Å². The number of carbonyl (C=O) groups excluding carboxylic acids is 1. The fourth-order valence-electron chi connectivity index (χ4n) is 2.54. The molecule has 154 valence electrons. The molecule has 0 spiro atoms. The molecule has 2 atom stereocenters. The summed E-state index contributed by atoms with van der Waals surface area (Å²) in [7, 11) is 0. The van der Waals surface area contributed by atoms with E-state index in [1.807, 2.05) is 13.0 Å². The Morgan fingerprint density at radius 1 is 1.34 bits per heavy atom. The van der Waals surface area contributed by atoms with Gasteiger partial charge in [-0.1, -0.05) is 24.6 Å². The highest BCUT2D eigenvalue weighted by Gasteiger charge is 2.26. The lowest BCUT2D eigenvalue weighted by Gasteiger charge is -2.23. The van der Waals surface area contributed by atoms with Crippen molar-refractivity contribution in [3.05, 3.63) is 63.4 Å². The molecular formula is C20H22ClFN4O2S. The number of nitrogens with zero attached hydrogens (tertiary/aromatic N) is 1. The lowest BCUT2D eigenvalue weighted by atomic mass is 9.88. The highest BCUT2D eigenvalue weighted by molar-refractivity contribution is 7.80. The molecule has 0 aromatic heterocycles. The van der Waals surface area contributed by atoms with Crippen molar-refractivity contribution >= 4 is 36.2 Å². The number of aryl methyl sites for hydroxylation is 1. The lowest BCUT2D eigenvalue weighted by molar-refractivity contribution is 0.204. The minimum atomic E-state index is -1.10. The van der Waals surface area contributed by atoms with Crippen LogP contribution < -0.4 is 11.5 Å². The Kier molecular flexibility index (Phi) is 9.11. The summed E-state index contributed by atoms with van der Waals surface area (Å²) in [6.45, 7) is 5.33. The Labute approximate surface area is 179 Å². The maximum Gasteiger partial charge on any atom is 0.411 e. The van der Waals surface area contributed by atoms with Crippen molar-refractivity contribution in [3.8, 4) is 6.07 Å². The number of thiol groups is 1. The molecule has 0 fully saturated rings. The third kappa shape index (κ3) is 6.75. The van der Waals surface area contributed by atoms with E-state index in [-0.39, 0.29) is 0 Å². The van der Waals surface area contributed by atoms with Crippen LogP contribution in [0.3, 0.4) is 0 Å². The Bertz CT molecular complexity index is 962. The predicted molar refractivity (Wildman–Crippen MR) is 114 cm³/mol. The summed E-state index contributed by atoms with van der Waals surface area (Å²) >= 11 is 9.65. The smallest absolute Gasteiger partial charge is 0.394 e. The zero-order valence-corrected chi connectivity index (χ0v) is 17.8. The number of nitrogens with two attached hydrogens (primary N) is 2. The zero-order valence-electron chi connectivity index (χ0n) is 16.2. The minimum Gasteiger partial charge on any atom is -0.394 e. The van der Waals surface area contributed by atoms with Crippen LogP contribution in [0.25, 0.3) is 0 Å². The first-order valence-corrected chi connectivity index (χ1v) is 9.27. The number of rotatable bonds is 3. The van der Waals surface area contributed by atoms with Gasteiger partial charge in [-0.05, 0) is 54.8 Å². The van der Waals surface area contributed by atoms with Gasteiger partial charge in [-0.3, -0.25) is 5.41 Å². The number of benzene rings is 2. The molecule has 0 saturated heterocycles. The summed E-state index contributed by atoms with van der Waals surface area (Å²) in [6.07, 6.45) is -1.10. The van der Waals surface area contributed by atoms with Crippen molar-refractivity contribution in [2.75, 3.05) is 0 Å². The largest absolute Gasteiger partial charge is 0.411 e. The quantitative estimate of drug-likeness (QED) is 0.322. The SMILES string of the molecule is Cc1ccc(F)c(C(C)C(N)C(=N)OC(N)=O)c1C.N#Cc1cc(Cl)ccc1S. The van der Waals surface area contributed by atoms with Gasteiger partial charge in [0.2, 0.25) is 5.90 Å². The lowest BCUT2D eigenvalue weighted by Crippen LogP contribution is -2.39. The number of nitrogens with one attached hydrogen (secondary N) is 1. The number of hydrogen-bond donors (Lipinski definition) is 4. The minimum absolute atomic E-state index is 0.391. The molecule has 1 amide bonds. The van der Waals surface area contributed by atoms with Gasteiger partial charge in [-0.25, -0.2) is 9.18 Å². The first kappa shape index (κ1) is 24.4. The first-order chi connectivity index (χ1) is 13.5. The summed E-state index contributed by atoms with van der Waals surface area (Å²) in [5.74, 6) is -1.37. The van der Waals surface area contributed by atoms with Crippen molar-refractivity contribution in [1.82, 2.24) is 0 Å². The monoisotopic (exact) mass is 436 g/mol. The molecule has 5 N–H and O–H groups in total. The Morgan fingerprint density at radius 3 is 2.48 bits per heavy atom. The molecule has 0 heterocycles. The molecule has 2 aromatic rings. The number of halogens is 2. The normalized spacial score (nSPS) is 12.1. The van der Waals surface area contributed by atoms with Crippen molar-refractivity contribution in [3.63, 3.8) is 0 Å². The summed E-state index contributed by atoms with van der Waals surface area (Å²) in [5.41, 5.74) is 13.3. The van der Waals surface area contributed by atoms with Crippen molar-refractivity contribution in [1.29, 1.82) is 10.7 Å². The molecule has 0 aliphatic heterocycles. The number of primary amides is 1. The summed E-state index contributed by atoms with van der Waals surface area (Å²) in [4.78, 5) is 11.2. The molecule has 0 aliphatic rings. The molecule has 9 heteroatoms. The predicted octanol–water partition coefficient (Wildman–Crippen LogP) is 4.45. The van der Waals surface area contributed by atoms with Gasteiger partial charge in [0.1, 0.15) is 11.9 Å². The molecule has 0 aliphatic carbocycles. The third-order valence-electron chi connectivity index (χ3n) is 4.32. The standard InChI is InChI=1S/C13H18FN3O2.C7H4ClNS/c1-6-4-5-9(14)10(7(6)2)8(3)11(15)12(16)19-13(17)18;8-6-1-2-7(10)5(3-6)4-9/h4-5,8,11,16H,15H2,1-3H3,(H2,17,18);1-3,10H. The summed E-state index contributed by atoms with van der Waals surface area (Å²) in [6, 6.07) is 9.06. The molecular weight excluding hydrogens is 415 g/mol. The van der Waals surface area contributed by atoms with Crippen molar-refractivity contribution < 1.29 is 13.9 Å². The zero-order chi connectivity index (χ0) is 22.3. The molecule has 2 rings (SSSR count). The number of amides is 1. The third-order valence-corrected chi connectivity index (χ3v) is 4.94. The Balaban J connectivity index is 0.000000352. The molecule has 29 heavy (non-hydrogen) atoms. The summed E-state index contributed by atoms with van der Waals surface area (Å²) in [5, 5.41) is 16.6. The van der Waals surface area contributed by atoms with Crippen LogP contribution in [0.1, 0.15) is 35.1 Å². The van der Waals surface area contributed by atoms with Crippen LogP contribution in [-0.2, 0) is 4.74 Å².